The quantitative estimate of drug-likeness (QED) is 0.592. The molecule has 0 amide bonds. The molecule has 0 unspecified atom stereocenters. The number of aromatic nitrogens is 3. The number of piperazine rings is 1. The first-order valence-electron chi connectivity index (χ1n) is 9.76. The topological polar surface area (TPSA) is 75.2 Å². The minimum absolute atomic E-state index is 0.00264. The maximum atomic E-state index is 14.6. The second kappa shape index (κ2) is 8.01. The van der Waals surface area contributed by atoms with Crippen LogP contribution >= 0.6 is 11.6 Å². The number of fused-ring (bicyclic) bond motifs is 3. The molecule has 0 radical (unpaired) electrons. The molecule has 0 aliphatic carbocycles. The highest BCUT2D eigenvalue weighted by atomic mass is 35.5. The fraction of sp³-hybridized carbons (Fsp3) is 0.350. The fourth-order valence-electron chi connectivity index (χ4n) is 4.04. The summed E-state index contributed by atoms with van der Waals surface area (Å²) in [4.78, 5) is 15.4. The Balaban J connectivity index is 1.45. The van der Waals surface area contributed by atoms with Gasteiger partial charge in [0.2, 0.25) is 0 Å². The lowest BCUT2D eigenvalue weighted by Crippen LogP contribution is -2.44. The molecule has 5 rings (SSSR count). The van der Waals surface area contributed by atoms with Gasteiger partial charge in [0.25, 0.3) is 6.43 Å². The maximum Gasteiger partial charge on any atom is 0.272 e. The molecule has 11 heteroatoms. The van der Waals surface area contributed by atoms with E-state index in [-0.39, 0.29) is 16.5 Å². The molecule has 2 atom stereocenters. The van der Waals surface area contributed by atoms with Crippen molar-refractivity contribution >= 4 is 40.0 Å². The van der Waals surface area contributed by atoms with Gasteiger partial charge in [-0.05, 0) is 24.6 Å². The first-order chi connectivity index (χ1) is 15.0. The van der Waals surface area contributed by atoms with E-state index in [0.717, 1.165) is 31.4 Å². The molecule has 7 nitrogen and oxygen atoms in total. The molecular weight excluding hydrogens is 433 g/mol. The van der Waals surface area contributed by atoms with Gasteiger partial charge in [0.15, 0.2) is 5.82 Å². The summed E-state index contributed by atoms with van der Waals surface area (Å²) >= 11 is 6.08. The third kappa shape index (κ3) is 3.92. The summed E-state index contributed by atoms with van der Waals surface area (Å²) in [6, 6.07) is 6.87. The molecule has 2 aliphatic rings. The first kappa shape index (κ1) is 20.1. The number of halogens is 4. The predicted molar refractivity (Wildman–Crippen MR) is 111 cm³/mol. The molecule has 0 saturated carbocycles. The minimum atomic E-state index is -2.69. The van der Waals surface area contributed by atoms with Gasteiger partial charge in [0.1, 0.15) is 35.8 Å². The Kier molecular flexibility index (Phi) is 5.19. The molecule has 0 spiro atoms. The van der Waals surface area contributed by atoms with Crippen molar-refractivity contribution in [2.24, 2.45) is 0 Å². The number of ether oxygens (including phenoxy) is 1. The number of nitrogens with zero attached hydrogens (tertiary/aromatic N) is 4. The predicted octanol–water partition coefficient (Wildman–Crippen LogP) is 3.76. The zero-order valence-electron chi connectivity index (χ0n) is 16.2. The average Bonchev–Trinajstić information content (AvgIpc) is 3.39. The highest BCUT2D eigenvalue weighted by Crippen LogP contribution is 2.34. The Morgan fingerprint density at radius 1 is 1.29 bits per heavy atom. The van der Waals surface area contributed by atoms with Gasteiger partial charge in [0.05, 0.1) is 16.2 Å². The molecule has 1 aromatic carbocycles. The van der Waals surface area contributed by atoms with Gasteiger partial charge < -0.3 is 20.3 Å². The van der Waals surface area contributed by atoms with Crippen LogP contribution in [0.2, 0.25) is 5.02 Å². The summed E-state index contributed by atoms with van der Waals surface area (Å²) in [5, 5.41) is 6.35. The van der Waals surface area contributed by atoms with Crippen LogP contribution in [0.3, 0.4) is 0 Å². The lowest BCUT2D eigenvalue weighted by atomic mass is 10.2. The van der Waals surface area contributed by atoms with Crippen LogP contribution in [0.5, 0.6) is 5.75 Å². The van der Waals surface area contributed by atoms with E-state index in [1.165, 1.54) is 12.4 Å². The Bertz CT molecular complexity index is 1130. The van der Waals surface area contributed by atoms with E-state index < -0.39 is 18.8 Å². The van der Waals surface area contributed by atoms with Crippen molar-refractivity contribution in [2.45, 2.75) is 24.9 Å². The lowest BCUT2D eigenvalue weighted by molar-refractivity contribution is 0.0818. The van der Waals surface area contributed by atoms with E-state index in [9.17, 15) is 13.2 Å². The summed E-state index contributed by atoms with van der Waals surface area (Å²) in [6.45, 7) is 0.928. The van der Waals surface area contributed by atoms with E-state index in [0.29, 0.717) is 28.9 Å². The van der Waals surface area contributed by atoms with Crippen LogP contribution in [0.4, 0.5) is 30.5 Å². The summed E-state index contributed by atoms with van der Waals surface area (Å²) in [6.07, 6.45) is -0.251. The van der Waals surface area contributed by atoms with Gasteiger partial charge in [-0.15, -0.1) is 0 Å². The second-order valence-electron chi connectivity index (χ2n) is 7.50. The van der Waals surface area contributed by atoms with Crippen molar-refractivity contribution in [3.63, 3.8) is 0 Å². The standard InChI is InChI=1S/C20H18ClF3N6O/c21-12-4-15(13(22)5-16(12)31-8-17(23)24)28-20-19-14(26-9-27-20)1-2-18(29-19)30-7-10-3-11(30)6-25-10/h1-2,4-5,9-11,17,25H,3,6-8H2,(H,26,27,28)/t10-,11-/m0/s1. The highest BCUT2D eigenvalue weighted by molar-refractivity contribution is 6.32. The monoisotopic (exact) mass is 450 g/mol. The number of hydrogen-bond donors (Lipinski definition) is 2. The number of hydrogen-bond acceptors (Lipinski definition) is 7. The summed E-state index contributed by atoms with van der Waals surface area (Å²) in [5.74, 6) is 0.245. The molecule has 162 valence electrons. The van der Waals surface area contributed by atoms with Gasteiger partial charge in [-0.1, -0.05) is 11.6 Å². The second-order valence-corrected chi connectivity index (χ2v) is 7.90. The molecule has 3 aromatic rings. The number of rotatable bonds is 6. The molecule has 31 heavy (non-hydrogen) atoms. The van der Waals surface area contributed by atoms with Gasteiger partial charge in [-0.3, -0.25) is 0 Å². The Labute approximate surface area is 180 Å². The molecule has 2 fully saturated rings. The highest BCUT2D eigenvalue weighted by Gasteiger charge is 2.38. The number of nitrogens with one attached hydrogen (secondary N) is 2. The third-order valence-electron chi connectivity index (χ3n) is 5.46. The van der Waals surface area contributed by atoms with Crippen LogP contribution in [0.15, 0.2) is 30.6 Å². The SMILES string of the molecule is Fc1cc(OCC(F)F)c(Cl)cc1Nc1ncnc2ccc(N3C[C@@H]4C[C@H]3CN4)nc12. The Morgan fingerprint density at radius 3 is 2.90 bits per heavy atom. The molecular formula is C20H18ClF3N6O. The van der Waals surface area contributed by atoms with Crippen LogP contribution in [0, 0.1) is 5.82 Å². The van der Waals surface area contributed by atoms with Crippen LogP contribution in [0.25, 0.3) is 11.0 Å². The molecule has 2 N–H and O–H groups in total. The summed E-state index contributed by atoms with van der Waals surface area (Å²) in [5.41, 5.74) is 1.11. The zero-order chi connectivity index (χ0) is 21.5. The van der Waals surface area contributed by atoms with E-state index in [1.54, 1.807) is 0 Å². The van der Waals surface area contributed by atoms with E-state index in [2.05, 4.69) is 25.5 Å². The van der Waals surface area contributed by atoms with Crippen molar-refractivity contribution in [3.8, 4) is 5.75 Å². The molecule has 2 aliphatic heterocycles. The largest absolute Gasteiger partial charge is 0.486 e. The fourth-order valence-corrected chi connectivity index (χ4v) is 4.26. The Morgan fingerprint density at radius 2 is 2.16 bits per heavy atom. The third-order valence-corrected chi connectivity index (χ3v) is 5.75. The van der Waals surface area contributed by atoms with E-state index >= 15 is 0 Å². The van der Waals surface area contributed by atoms with Crippen LogP contribution < -0.4 is 20.3 Å². The van der Waals surface area contributed by atoms with Crippen molar-refractivity contribution < 1.29 is 17.9 Å². The average molecular weight is 451 g/mol. The van der Waals surface area contributed by atoms with Gasteiger partial charge in [-0.25, -0.2) is 28.1 Å². The van der Waals surface area contributed by atoms with Gasteiger partial charge >= 0.3 is 0 Å². The van der Waals surface area contributed by atoms with Crippen molar-refractivity contribution in [2.75, 3.05) is 29.9 Å². The number of pyridine rings is 1. The normalized spacial score (nSPS) is 20.1. The first-order valence-corrected chi connectivity index (χ1v) is 10.1. The number of alkyl halides is 2. The number of anilines is 3. The minimum Gasteiger partial charge on any atom is -0.486 e. The van der Waals surface area contributed by atoms with Crippen molar-refractivity contribution in [1.82, 2.24) is 20.3 Å². The smallest absolute Gasteiger partial charge is 0.272 e. The van der Waals surface area contributed by atoms with Crippen LogP contribution in [-0.2, 0) is 0 Å². The van der Waals surface area contributed by atoms with Gasteiger partial charge in [-0.2, -0.15) is 0 Å². The molecule has 4 heterocycles. The number of benzene rings is 1. The van der Waals surface area contributed by atoms with Gasteiger partial charge in [0, 0.05) is 31.2 Å². The Hall–Kier alpha value is -2.85. The summed E-state index contributed by atoms with van der Waals surface area (Å²) in [7, 11) is 0. The van der Waals surface area contributed by atoms with Crippen molar-refractivity contribution in [1.29, 1.82) is 0 Å². The zero-order valence-corrected chi connectivity index (χ0v) is 16.9. The van der Waals surface area contributed by atoms with E-state index in [1.807, 2.05) is 12.1 Å². The van der Waals surface area contributed by atoms with Crippen LogP contribution in [-0.4, -0.2) is 53.2 Å². The maximum absolute atomic E-state index is 14.6. The van der Waals surface area contributed by atoms with Crippen molar-refractivity contribution in [3.05, 3.63) is 41.4 Å². The molecule has 2 aromatic heterocycles. The molecule has 2 bridgehead atoms. The van der Waals surface area contributed by atoms with E-state index in [4.69, 9.17) is 21.3 Å². The molecule has 2 saturated heterocycles. The summed E-state index contributed by atoms with van der Waals surface area (Å²) < 4.78 is 44.2. The van der Waals surface area contributed by atoms with Crippen LogP contribution in [0.1, 0.15) is 6.42 Å². The lowest BCUT2D eigenvalue weighted by Gasteiger charge is -2.28.